The molecule has 0 bridgehead atoms. The van der Waals surface area contributed by atoms with Gasteiger partial charge < -0.3 is 19.9 Å². The van der Waals surface area contributed by atoms with Crippen LogP contribution in [0, 0.1) is 11.3 Å². The number of fused-ring (bicyclic) bond motifs is 1. The lowest BCUT2D eigenvalue weighted by atomic mass is 9.88. The number of benzene rings is 1. The minimum absolute atomic E-state index is 0.0335. The number of aliphatic carboxylic acids is 1. The summed E-state index contributed by atoms with van der Waals surface area (Å²) in [6.45, 7) is 7.26. The second-order valence-electron chi connectivity index (χ2n) is 8.35. The minimum Gasteiger partial charge on any atom is -0.486 e. The van der Waals surface area contributed by atoms with Crippen LogP contribution in [0.5, 0.6) is 11.5 Å². The average molecular weight is 361 g/mol. The molecule has 6 nitrogen and oxygen atoms in total. The summed E-state index contributed by atoms with van der Waals surface area (Å²) in [5, 5.41) is 12.1. The van der Waals surface area contributed by atoms with Gasteiger partial charge in [0.25, 0.3) is 0 Å². The molecular formula is C20H27NO5. The standard InChI is InChI=1S/C20H27NO5/c1-20(2,3)7-6-15(19(23)24)21-18(22)14-11-13(14)12-4-5-16-17(10-12)26-9-8-25-16/h4-5,10,13-15H,6-9,11H2,1-3H3,(H,21,22)(H,23,24). The summed E-state index contributed by atoms with van der Waals surface area (Å²) in [5.74, 6) is 0.241. The predicted octanol–water partition coefficient (Wildman–Crippen LogP) is 2.96. The number of hydrogen-bond donors (Lipinski definition) is 2. The molecular weight excluding hydrogens is 334 g/mol. The number of amides is 1. The summed E-state index contributed by atoms with van der Waals surface area (Å²) >= 11 is 0. The largest absolute Gasteiger partial charge is 0.486 e. The van der Waals surface area contributed by atoms with Gasteiger partial charge in [-0.2, -0.15) is 0 Å². The van der Waals surface area contributed by atoms with Crippen molar-refractivity contribution in [1.82, 2.24) is 5.32 Å². The number of carbonyl (C=O) groups excluding carboxylic acids is 1. The zero-order chi connectivity index (χ0) is 18.9. The van der Waals surface area contributed by atoms with Crippen molar-refractivity contribution in [3.63, 3.8) is 0 Å². The van der Waals surface area contributed by atoms with Gasteiger partial charge in [-0.15, -0.1) is 0 Å². The van der Waals surface area contributed by atoms with Gasteiger partial charge in [-0.05, 0) is 48.3 Å². The highest BCUT2D eigenvalue weighted by molar-refractivity contribution is 5.87. The zero-order valence-electron chi connectivity index (χ0n) is 15.6. The normalized spacial score (nSPS) is 22.4. The molecule has 3 unspecified atom stereocenters. The number of carboxylic acid groups (broad SMARTS) is 1. The van der Waals surface area contributed by atoms with E-state index in [0.29, 0.717) is 25.4 Å². The molecule has 3 rings (SSSR count). The minimum atomic E-state index is -0.973. The van der Waals surface area contributed by atoms with Crippen LogP contribution in [-0.2, 0) is 9.59 Å². The van der Waals surface area contributed by atoms with Crippen molar-refractivity contribution in [2.75, 3.05) is 13.2 Å². The molecule has 0 aromatic heterocycles. The van der Waals surface area contributed by atoms with Gasteiger partial charge in [0.15, 0.2) is 11.5 Å². The molecule has 142 valence electrons. The molecule has 0 saturated heterocycles. The first-order chi connectivity index (χ1) is 12.2. The van der Waals surface area contributed by atoms with Crippen LogP contribution < -0.4 is 14.8 Å². The molecule has 1 fully saturated rings. The molecule has 1 aliphatic heterocycles. The molecule has 0 radical (unpaired) electrons. The zero-order valence-corrected chi connectivity index (χ0v) is 15.6. The maximum atomic E-state index is 12.5. The van der Waals surface area contributed by atoms with Crippen LogP contribution in [0.2, 0.25) is 0 Å². The monoisotopic (exact) mass is 361 g/mol. The molecule has 1 amide bonds. The second kappa shape index (κ2) is 7.17. The van der Waals surface area contributed by atoms with Crippen LogP contribution in [0.15, 0.2) is 18.2 Å². The van der Waals surface area contributed by atoms with E-state index in [0.717, 1.165) is 24.2 Å². The predicted molar refractivity (Wildman–Crippen MR) is 96.5 cm³/mol. The molecule has 6 heteroatoms. The fraction of sp³-hybridized carbons (Fsp3) is 0.600. The maximum Gasteiger partial charge on any atom is 0.326 e. The van der Waals surface area contributed by atoms with Crippen molar-refractivity contribution in [1.29, 1.82) is 0 Å². The van der Waals surface area contributed by atoms with E-state index >= 15 is 0 Å². The Morgan fingerprint density at radius 3 is 2.58 bits per heavy atom. The number of hydrogen-bond acceptors (Lipinski definition) is 4. The van der Waals surface area contributed by atoms with E-state index in [-0.39, 0.29) is 23.2 Å². The number of nitrogens with one attached hydrogen (secondary N) is 1. The van der Waals surface area contributed by atoms with Crippen LogP contribution in [0.1, 0.15) is 51.5 Å². The molecule has 0 spiro atoms. The van der Waals surface area contributed by atoms with Crippen LogP contribution >= 0.6 is 0 Å². The molecule has 1 saturated carbocycles. The van der Waals surface area contributed by atoms with E-state index in [1.54, 1.807) is 0 Å². The van der Waals surface area contributed by atoms with Crippen LogP contribution in [0.3, 0.4) is 0 Å². The third kappa shape index (κ3) is 4.48. The van der Waals surface area contributed by atoms with Crippen molar-refractivity contribution < 1.29 is 24.2 Å². The lowest BCUT2D eigenvalue weighted by Gasteiger charge is -2.21. The Kier molecular flexibility index (Phi) is 5.12. The van der Waals surface area contributed by atoms with Gasteiger partial charge in [0.05, 0.1) is 0 Å². The highest BCUT2D eigenvalue weighted by atomic mass is 16.6. The molecule has 1 aromatic rings. The number of carboxylic acids is 1. The van der Waals surface area contributed by atoms with Crippen molar-refractivity contribution >= 4 is 11.9 Å². The quantitative estimate of drug-likeness (QED) is 0.814. The smallest absolute Gasteiger partial charge is 0.326 e. The van der Waals surface area contributed by atoms with E-state index in [1.165, 1.54) is 0 Å². The van der Waals surface area contributed by atoms with E-state index in [4.69, 9.17) is 9.47 Å². The summed E-state index contributed by atoms with van der Waals surface area (Å²) in [6.07, 6.45) is 1.91. The first-order valence-corrected chi connectivity index (χ1v) is 9.17. The van der Waals surface area contributed by atoms with Gasteiger partial charge >= 0.3 is 5.97 Å². The summed E-state index contributed by atoms with van der Waals surface area (Å²) < 4.78 is 11.1. The Labute approximate surface area is 153 Å². The van der Waals surface area contributed by atoms with E-state index in [2.05, 4.69) is 26.1 Å². The summed E-state index contributed by atoms with van der Waals surface area (Å²) in [7, 11) is 0. The Bertz CT molecular complexity index is 694. The molecule has 1 aliphatic carbocycles. The Morgan fingerprint density at radius 2 is 1.92 bits per heavy atom. The van der Waals surface area contributed by atoms with Gasteiger partial charge in [0, 0.05) is 5.92 Å². The van der Waals surface area contributed by atoms with E-state index in [9.17, 15) is 14.7 Å². The van der Waals surface area contributed by atoms with Crippen molar-refractivity contribution in [3.8, 4) is 11.5 Å². The highest BCUT2D eigenvalue weighted by Gasteiger charge is 2.45. The summed E-state index contributed by atoms with van der Waals surface area (Å²) in [4.78, 5) is 23.9. The molecule has 1 heterocycles. The van der Waals surface area contributed by atoms with Gasteiger partial charge in [-0.25, -0.2) is 4.79 Å². The van der Waals surface area contributed by atoms with Crippen molar-refractivity contribution in [2.24, 2.45) is 11.3 Å². The topological polar surface area (TPSA) is 84.9 Å². The summed E-state index contributed by atoms with van der Waals surface area (Å²) in [6, 6.07) is 4.93. The second-order valence-corrected chi connectivity index (χ2v) is 8.35. The highest BCUT2D eigenvalue weighted by Crippen LogP contribution is 2.49. The maximum absolute atomic E-state index is 12.5. The fourth-order valence-corrected chi connectivity index (χ4v) is 3.26. The van der Waals surface area contributed by atoms with Crippen molar-refractivity contribution in [3.05, 3.63) is 23.8 Å². The van der Waals surface area contributed by atoms with E-state index < -0.39 is 12.0 Å². The fourth-order valence-electron chi connectivity index (χ4n) is 3.26. The molecule has 26 heavy (non-hydrogen) atoms. The van der Waals surface area contributed by atoms with Crippen LogP contribution in [0.25, 0.3) is 0 Å². The molecule has 2 aliphatic rings. The Balaban J connectivity index is 1.58. The molecule has 1 aromatic carbocycles. The number of rotatable bonds is 6. The summed E-state index contributed by atoms with van der Waals surface area (Å²) in [5.41, 5.74) is 1.07. The molecule has 3 atom stereocenters. The lowest BCUT2D eigenvalue weighted by Crippen LogP contribution is -2.42. The van der Waals surface area contributed by atoms with Crippen LogP contribution in [-0.4, -0.2) is 36.2 Å². The third-order valence-corrected chi connectivity index (χ3v) is 4.92. The Morgan fingerprint density at radius 1 is 1.23 bits per heavy atom. The number of ether oxygens (including phenoxy) is 2. The SMILES string of the molecule is CC(C)(C)CCC(NC(=O)C1CC1c1ccc2c(c1)OCCO2)C(=O)O. The first kappa shape index (κ1) is 18.5. The third-order valence-electron chi connectivity index (χ3n) is 4.92. The number of carbonyl (C=O) groups is 2. The van der Waals surface area contributed by atoms with Gasteiger partial charge in [0.2, 0.25) is 5.91 Å². The average Bonchev–Trinajstić information content (AvgIpc) is 3.37. The first-order valence-electron chi connectivity index (χ1n) is 9.17. The van der Waals surface area contributed by atoms with Crippen LogP contribution in [0.4, 0.5) is 0 Å². The lowest BCUT2D eigenvalue weighted by molar-refractivity contribution is -0.142. The van der Waals surface area contributed by atoms with Gasteiger partial charge in [-0.3, -0.25) is 4.79 Å². The van der Waals surface area contributed by atoms with Crippen molar-refractivity contribution in [2.45, 2.75) is 52.0 Å². The Hall–Kier alpha value is -2.24. The van der Waals surface area contributed by atoms with Gasteiger partial charge in [-0.1, -0.05) is 26.8 Å². The van der Waals surface area contributed by atoms with E-state index in [1.807, 2.05) is 18.2 Å². The van der Waals surface area contributed by atoms with Gasteiger partial charge in [0.1, 0.15) is 19.3 Å². The molecule has 2 N–H and O–H groups in total.